The first kappa shape index (κ1) is 19.5. The maximum atomic E-state index is 6.41. The van der Waals surface area contributed by atoms with Crippen LogP contribution in [0.4, 0.5) is 5.69 Å². The largest absolute Gasteiger partial charge is 0.496 e. The fraction of sp³-hybridized carbons (Fsp3) is 0.619. The van der Waals surface area contributed by atoms with E-state index < -0.39 is 5.66 Å². The van der Waals surface area contributed by atoms with Crippen LogP contribution in [0.2, 0.25) is 0 Å². The Morgan fingerprint density at radius 3 is 2.04 bits per heavy atom. The molecule has 6 nitrogen and oxygen atoms in total. The number of hydrogen-bond donors (Lipinski definition) is 2. The van der Waals surface area contributed by atoms with Crippen molar-refractivity contribution < 1.29 is 4.74 Å². The van der Waals surface area contributed by atoms with Gasteiger partial charge in [-0.25, -0.2) is 4.99 Å². The first-order valence-corrected chi connectivity index (χ1v) is 10.0. The highest BCUT2D eigenvalue weighted by Gasteiger charge is 2.43. The molecule has 2 aliphatic rings. The second-order valence-electron chi connectivity index (χ2n) is 8.29. The zero-order valence-electron chi connectivity index (χ0n) is 17.2. The quantitative estimate of drug-likeness (QED) is 0.835. The van der Waals surface area contributed by atoms with Crippen molar-refractivity contribution in [3.05, 3.63) is 23.3 Å². The Morgan fingerprint density at radius 1 is 1.00 bits per heavy atom. The van der Waals surface area contributed by atoms with E-state index in [0.717, 1.165) is 37.1 Å². The normalized spacial score (nSPS) is 19.4. The summed E-state index contributed by atoms with van der Waals surface area (Å²) in [6.07, 6.45) is 5.32. The molecule has 1 saturated carbocycles. The van der Waals surface area contributed by atoms with E-state index in [1.165, 1.54) is 17.5 Å². The molecule has 0 amide bonds. The van der Waals surface area contributed by atoms with E-state index >= 15 is 0 Å². The van der Waals surface area contributed by atoms with Gasteiger partial charge in [0.05, 0.1) is 7.11 Å². The summed E-state index contributed by atoms with van der Waals surface area (Å²) in [5.74, 6) is 2.34. The summed E-state index contributed by atoms with van der Waals surface area (Å²) >= 11 is 0. The zero-order valence-corrected chi connectivity index (χ0v) is 17.2. The highest BCUT2D eigenvalue weighted by molar-refractivity contribution is 6.05. The standard InChI is InChI=1S/C21H33N5O/c1-13(2)16-11-15(12-17(14(3)4)18(16)27-5)26-20(23)24-19(22)25-21(26)9-7-6-8-10-21/h11-14H,6-10H2,1-5H3,(H4,22,23,24,25). The van der Waals surface area contributed by atoms with Crippen molar-refractivity contribution in [3.63, 3.8) is 0 Å². The average Bonchev–Trinajstić information content (AvgIpc) is 2.60. The van der Waals surface area contributed by atoms with Crippen LogP contribution in [0.3, 0.4) is 0 Å². The predicted molar refractivity (Wildman–Crippen MR) is 113 cm³/mol. The molecule has 6 heteroatoms. The van der Waals surface area contributed by atoms with E-state index in [4.69, 9.17) is 21.2 Å². The van der Waals surface area contributed by atoms with Crippen LogP contribution in [0.15, 0.2) is 22.1 Å². The van der Waals surface area contributed by atoms with Crippen LogP contribution in [0.25, 0.3) is 0 Å². The minimum absolute atomic E-state index is 0.285. The first-order valence-electron chi connectivity index (χ1n) is 10.0. The Kier molecular flexibility index (Phi) is 5.36. The Hall–Kier alpha value is -2.24. The summed E-state index contributed by atoms with van der Waals surface area (Å²) in [7, 11) is 1.75. The fourth-order valence-corrected chi connectivity index (χ4v) is 4.38. The number of benzene rings is 1. The van der Waals surface area contributed by atoms with E-state index in [1.54, 1.807) is 7.11 Å². The summed E-state index contributed by atoms with van der Waals surface area (Å²) < 4.78 is 5.79. The predicted octanol–water partition coefficient (Wildman–Crippen LogP) is 4.05. The van der Waals surface area contributed by atoms with Gasteiger partial charge in [0.15, 0.2) is 0 Å². The molecule has 1 aliphatic heterocycles. The lowest BCUT2D eigenvalue weighted by Crippen LogP contribution is -2.58. The maximum Gasteiger partial charge on any atom is 0.220 e. The molecule has 0 saturated heterocycles. The molecule has 1 heterocycles. The summed E-state index contributed by atoms with van der Waals surface area (Å²) in [5, 5.41) is 0. The molecule has 1 aliphatic carbocycles. The molecular formula is C21H33N5O. The van der Waals surface area contributed by atoms with Crippen LogP contribution in [0.5, 0.6) is 5.75 Å². The van der Waals surface area contributed by atoms with E-state index in [-0.39, 0.29) is 5.96 Å². The molecule has 1 spiro atoms. The molecule has 3 rings (SSSR count). The summed E-state index contributed by atoms with van der Waals surface area (Å²) in [6.45, 7) is 8.75. The number of hydrogen-bond acceptors (Lipinski definition) is 6. The molecule has 0 unspecified atom stereocenters. The van der Waals surface area contributed by atoms with Gasteiger partial charge in [-0.3, -0.25) is 4.90 Å². The lowest BCUT2D eigenvalue weighted by Gasteiger charge is -2.46. The fourth-order valence-electron chi connectivity index (χ4n) is 4.38. The number of rotatable bonds is 4. The third-order valence-corrected chi connectivity index (χ3v) is 5.69. The monoisotopic (exact) mass is 371 g/mol. The topological polar surface area (TPSA) is 89.2 Å². The van der Waals surface area contributed by atoms with Gasteiger partial charge in [0.2, 0.25) is 11.9 Å². The van der Waals surface area contributed by atoms with Crippen molar-refractivity contribution in [3.8, 4) is 5.75 Å². The first-order chi connectivity index (χ1) is 12.8. The number of nitrogens with zero attached hydrogens (tertiary/aromatic N) is 3. The summed E-state index contributed by atoms with van der Waals surface area (Å²) in [5.41, 5.74) is 15.4. The minimum Gasteiger partial charge on any atom is -0.496 e. The molecule has 0 radical (unpaired) electrons. The van der Waals surface area contributed by atoms with Crippen LogP contribution in [-0.2, 0) is 0 Å². The van der Waals surface area contributed by atoms with Crippen molar-refractivity contribution in [2.45, 2.75) is 77.3 Å². The van der Waals surface area contributed by atoms with Gasteiger partial charge >= 0.3 is 0 Å². The lowest BCUT2D eigenvalue weighted by molar-refractivity contribution is 0.305. The summed E-state index contributed by atoms with van der Waals surface area (Å²) in [4.78, 5) is 11.2. The van der Waals surface area contributed by atoms with Gasteiger partial charge in [-0.15, -0.1) is 0 Å². The SMILES string of the molecule is COc1c(C(C)C)cc(N2C(N)=NC(N)=NC23CCCCC3)cc1C(C)C. The second kappa shape index (κ2) is 7.41. The molecule has 148 valence electrons. The van der Waals surface area contributed by atoms with Gasteiger partial charge < -0.3 is 16.2 Å². The maximum absolute atomic E-state index is 6.41. The van der Waals surface area contributed by atoms with Crippen molar-refractivity contribution in [1.82, 2.24) is 0 Å². The number of ether oxygens (including phenoxy) is 1. The number of anilines is 1. The minimum atomic E-state index is -0.425. The third-order valence-electron chi connectivity index (χ3n) is 5.69. The number of nitrogens with two attached hydrogens (primary N) is 2. The molecule has 0 aromatic heterocycles. The van der Waals surface area contributed by atoms with E-state index in [2.05, 4.69) is 49.7 Å². The van der Waals surface area contributed by atoms with Gasteiger partial charge in [0, 0.05) is 5.69 Å². The van der Waals surface area contributed by atoms with E-state index in [0.29, 0.717) is 17.8 Å². The zero-order chi connectivity index (χ0) is 19.8. The van der Waals surface area contributed by atoms with Crippen LogP contribution in [0.1, 0.15) is 82.8 Å². The number of methoxy groups -OCH3 is 1. The Balaban J connectivity index is 2.20. The van der Waals surface area contributed by atoms with Crippen molar-refractivity contribution in [1.29, 1.82) is 0 Å². The highest BCUT2D eigenvalue weighted by Crippen LogP contribution is 2.43. The molecule has 4 N–H and O–H groups in total. The van der Waals surface area contributed by atoms with Crippen molar-refractivity contribution >= 4 is 17.6 Å². The Bertz CT molecular complexity index is 731. The number of guanidine groups is 2. The number of aliphatic imine (C=N–C) groups is 2. The molecule has 27 heavy (non-hydrogen) atoms. The Labute approximate surface area is 162 Å². The second-order valence-corrected chi connectivity index (χ2v) is 8.29. The molecule has 0 atom stereocenters. The highest BCUT2D eigenvalue weighted by atomic mass is 16.5. The van der Waals surface area contributed by atoms with E-state index in [9.17, 15) is 0 Å². The van der Waals surface area contributed by atoms with Crippen LogP contribution >= 0.6 is 0 Å². The average molecular weight is 372 g/mol. The lowest BCUT2D eigenvalue weighted by atomic mass is 9.86. The molecule has 1 aromatic carbocycles. The van der Waals surface area contributed by atoms with Gasteiger partial charge in [-0.2, -0.15) is 4.99 Å². The van der Waals surface area contributed by atoms with Crippen molar-refractivity contribution in [2.24, 2.45) is 21.5 Å². The molecular weight excluding hydrogens is 338 g/mol. The van der Waals surface area contributed by atoms with Crippen molar-refractivity contribution in [2.75, 3.05) is 12.0 Å². The van der Waals surface area contributed by atoms with Gasteiger partial charge in [-0.05, 0) is 60.8 Å². The van der Waals surface area contributed by atoms with Crippen LogP contribution in [0, 0.1) is 0 Å². The summed E-state index contributed by atoms with van der Waals surface area (Å²) in [6, 6.07) is 4.37. The molecule has 1 fully saturated rings. The van der Waals surface area contributed by atoms with Gasteiger partial charge in [0.25, 0.3) is 0 Å². The molecule has 0 bridgehead atoms. The van der Waals surface area contributed by atoms with Gasteiger partial charge in [-0.1, -0.05) is 34.1 Å². The third kappa shape index (κ3) is 3.49. The molecule has 1 aromatic rings. The van der Waals surface area contributed by atoms with E-state index in [1.807, 2.05) is 0 Å². The van der Waals surface area contributed by atoms with Crippen LogP contribution < -0.4 is 21.1 Å². The van der Waals surface area contributed by atoms with Crippen LogP contribution in [-0.4, -0.2) is 24.7 Å². The smallest absolute Gasteiger partial charge is 0.220 e. The Morgan fingerprint density at radius 2 is 1.56 bits per heavy atom. The van der Waals surface area contributed by atoms with Gasteiger partial charge in [0.1, 0.15) is 11.4 Å².